The number of amides is 1. The van der Waals surface area contributed by atoms with E-state index in [-0.39, 0.29) is 12.5 Å². The van der Waals surface area contributed by atoms with Gasteiger partial charge in [0.05, 0.1) is 6.61 Å². The number of carbonyl (C=O) groups excluding carboxylic acids is 1. The minimum absolute atomic E-state index is 0.0686. The highest BCUT2D eigenvalue weighted by Crippen LogP contribution is 2.23. The van der Waals surface area contributed by atoms with Gasteiger partial charge in [-0.3, -0.25) is 4.79 Å². The second-order valence-electron chi connectivity index (χ2n) is 4.85. The van der Waals surface area contributed by atoms with Gasteiger partial charge in [0, 0.05) is 19.0 Å². The monoisotopic (exact) mass is 242 g/mol. The summed E-state index contributed by atoms with van der Waals surface area (Å²) >= 11 is 0. The highest BCUT2D eigenvalue weighted by molar-refractivity contribution is 5.76. The first-order valence-electron chi connectivity index (χ1n) is 6.90. The Hall–Kier alpha value is -0.610. The van der Waals surface area contributed by atoms with Crippen molar-refractivity contribution in [2.24, 2.45) is 5.73 Å². The van der Waals surface area contributed by atoms with E-state index in [1.54, 1.807) is 0 Å². The third-order valence-electron chi connectivity index (χ3n) is 3.52. The van der Waals surface area contributed by atoms with Crippen LogP contribution in [0.15, 0.2) is 0 Å². The molecule has 0 radical (unpaired) electrons. The molecule has 0 aromatic rings. The van der Waals surface area contributed by atoms with Crippen molar-refractivity contribution >= 4 is 5.91 Å². The average molecular weight is 242 g/mol. The third kappa shape index (κ3) is 5.04. The van der Waals surface area contributed by atoms with Gasteiger partial charge in [0.25, 0.3) is 0 Å². The van der Waals surface area contributed by atoms with E-state index in [2.05, 4.69) is 0 Å². The lowest BCUT2D eigenvalue weighted by molar-refractivity contribution is -0.134. The summed E-state index contributed by atoms with van der Waals surface area (Å²) in [5.41, 5.74) is 5.43. The smallest absolute Gasteiger partial charge is 0.222 e. The summed E-state index contributed by atoms with van der Waals surface area (Å²) in [6, 6.07) is 0.362. The maximum absolute atomic E-state index is 12.1. The molecule has 0 atom stereocenters. The van der Waals surface area contributed by atoms with Crippen molar-refractivity contribution in [1.82, 2.24) is 4.90 Å². The van der Waals surface area contributed by atoms with Gasteiger partial charge in [-0.1, -0.05) is 19.3 Å². The van der Waals surface area contributed by atoms with Gasteiger partial charge >= 0.3 is 0 Å². The fourth-order valence-corrected chi connectivity index (χ4v) is 2.58. The van der Waals surface area contributed by atoms with Crippen LogP contribution < -0.4 is 5.73 Å². The molecule has 1 aliphatic carbocycles. The molecule has 0 spiro atoms. The Morgan fingerprint density at radius 3 is 2.53 bits per heavy atom. The molecule has 1 saturated carbocycles. The molecular weight excluding hydrogens is 216 g/mol. The number of nitrogens with zero attached hydrogens (tertiary/aromatic N) is 1. The molecule has 100 valence electrons. The summed E-state index contributed by atoms with van der Waals surface area (Å²) in [6.07, 6.45) is 8.25. The highest BCUT2D eigenvalue weighted by Gasteiger charge is 2.24. The molecule has 0 aromatic heterocycles. The molecule has 4 nitrogen and oxygen atoms in total. The van der Waals surface area contributed by atoms with Crippen molar-refractivity contribution in [3.63, 3.8) is 0 Å². The maximum atomic E-state index is 12.1. The van der Waals surface area contributed by atoms with Crippen LogP contribution in [-0.4, -0.2) is 41.7 Å². The second kappa shape index (κ2) is 8.48. The SMILES string of the molecule is NCCCCC(=O)N(CCO)C1CCCCC1. The van der Waals surface area contributed by atoms with Gasteiger partial charge in [0.1, 0.15) is 0 Å². The zero-order valence-corrected chi connectivity index (χ0v) is 10.7. The van der Waals surface area contributed by atoms with Gasteiger partial charge in [0.15, 0.2) is 0 Å². The van der Waals surface area contributed by atoms with Gasteiger partial charge in [0.2, 0.25) is 5.91 Å². The van der Waals surface area contributed by atoms with E-state index >= 15 is 0 Å². The number of hydrogen-bond donors (Lipinski definition) is 2. The normalized spacial score (nSPS) is 17.1. The third-order valence-corrected chi connectivity index (χ3v) is 3.52. The van der Waals surface area contributed by atoms with E-state index in [4.69, 9.17) is 10.8 Å². The largest absolute Gasteiger partial charge is 0.395 e. The maximum Gasteiger partial charge on any atom is 0.222 e. The Labute approximate surface area is 104 Å². The predicted octanol–water partition coefficient (Wildman–Crippen LogP) is 1.27. The number of rotatable bonds is 7. The first-order chi connectivity index (χ1) is 8.29. The molecule has 1 fully saturated rings. The Balaban J connectivity index is 2.42. The summed E-state index contributed by atoms with van der Waals surface area (Å²) in [4.78, 5) is 14.0. The Morgan fingerprint density at radius 2 is 1.94 bits per heavy atom. The van der Waals surface area contributed by atoms with Gasteiger partial charge in [-0.15, -0.1) is 0 Å². The van der Waals surface area contributed by atoms with Gasteiger partial charge in [-0.05, 0) is 32.2 Å². The number of aliphatic hydroxyl groups excluding tert-OH is 1. The Kier molecular flexibility index (Phi) is 7.21. The summed E-state index contributed by atoms with van der Waals surface area (Å²) in [5.74, 6) is 0.194. The average Bonchev–Trinajstić information content (AvgIpc) is 2.37. The molecule has 3 N–H and O–H groups in total. The lowest BCUT2D eigenvalue weighted by Crippen LogP contribution is -2.43. The van der Waals surface area contributed by atoms with Crippen LogP contribution in [0.5, 0.6) is 0 Å². The van der Waals surface area contributed by atoms with E-state index in [0.717, 1.165) is 25.7 Å². The molecule has 1 amide bonds. The Bertz CT molecular complexity index is 215. The van der Waals surface area contributed by atoms with Gasteiger partial charge in [-0.2, -0.15) is 0 Å². The van der Waals surface area contributed by atoms with Gasteiger partial charge in [-0.25, -0.2) is 0 Å². The Morgan fingerprint density at radius 1 is 1.24 bits per heavy atom. The fraction of sp³-hybridized carbons (Fsp3) is 0.923. The standard InChI is InChI=1S/C13H26N2O2/c14-9-5-4-8-13(17)15(10-11-16)12-6-2-1-3-7-12/h12,16H,1-11,14H2. The van der Waals surface area contributed by atoms with Crippen LogP contribution in [0, 0.1) is 0 Å². The molecule has 0 unspecified atom stereocenters. The van der Waals surface area contributed by atoms with Gasteiger partial charge < -0.3 is 15.7 Å². The first kappa shape index (κ1) is 14.5. The molecule has 0 bridgehead atoms. The summed E-state index contributed by atoms with van der Waals surface area (Å²) in [5, 5.41) is 9.07. The van der Waals surface area contributed by atoms with E-state index in [9.17, 15) is 4.79 Å². The molecule has 0 saturated heterocycles. The van der Waals surface area contributed by atoms with Crippen LogP contribution in [0.3, 0.4) is 0 Å². The topological polar surface area (TPSA) is 66.6 Å². The van der Waals surface area contributed by atoms with Crippen LogP contribution in [0.4, 0.5) is 0 Å². The minimum Gasteiger partial charge on any atom is -0.395 e. The van der Waals surface area contributed by atoms with E-state index in [1.807, 2.05) is 4.90 Å². The van der Waals surface area contributed by atoms with Crippen molar-refractivity contribution in [3.8, 4) is 0 Å². The lowest BCUT2D eigenvalue weighted by Gasteiger charge is -2.34. The van der Waals surface area contributed by atoms with E-state index in [0.29, 0.717) is 25.6 Å². The first-order valence-corrected chi connectivity index (χ1v) is 6.90. The summed E-state index contributed by atoms with van der Waals surface area (Å²) < 4.78 is 0. The summed E-state index contributed by atoms with van der Waals surface area (Å²) in [6.45, 7) is 1.21. The summed E-state index contributed by atoms with van der Waals surface area (Å²) in [7, 11) is 0. The number of aliphatic hydroxyl groups is 1. The van der Waals surface area contributed by atoms with Crippen LogP contribution in [0.25, 0.3) is 0 Å². The molecule has 0 aliphatic heterocycles. The molecule has 1 rings (SSSR count). The van der Waals surface area contributed by atoms with Crippen LogP contribution >= 0.6 is 0 Å². The second-order valence-corrected chi connectivity index (χ2v) is 4.85. The molecule has 0 aromatic carbocycles. The van der Waals surface area contributed by atoms with Crippen LogP contribution in [0.1, 0.15) is 51.4 Å². The number of carbonyl (C=O) groups is 1. The van der Waals surface area contributed by atoms with Crippen LogP contribution in [0.2, 0.25) is 0 Å². The predicted molar refractivity (Wildman–Crippen MR) is 68.6 cm³/mol. The number of hydrogen-bond acceptors (Lipinski definition) is 3. The number of unbranched alkanes of at least 4 members (excludes halogenated alkanes) is 1. The molecule has 4 heteroatoms. The van der Waals surface area contributed by atoms with Crippen LogP contribution in [-0.2, 0) is 4.79 Å². The molecule has 17 heavy (non-hydrogen) atoms. The van der Waals surface area contributed by atoms with Crippen molar-refractivity contribution in [3.05, 3.63) is 0 Å². The fourth-order valence-electron chi connectivity index (χ4n) is 2.58. The van der Waals surface area contributed by atoms with E-state index in [1.165, 1.54) is 19.3 Å². The molecule has 0 heterocycles. The zero-order valence-electron chi connectivity index (χ0n) is 10.7. The number of nitrogens with two attached hydrogens (primary N) is 1. The lowest BCUT2D eigenvalue weighted by atomic mass is 9.94. The van der Waals surface area contributed by atoms with E-state index < -0.39 is 0 Å². The van der Waals surface area contributed by atoms with Crippen molar-refractivity contribution in [2.75, 3.05) is 19.7 Å². The van der Waals surface area contributed by atoms with Crippen molar-refractivity contribution in [2.45, 2.75) is 57.4 Å². The quantitative estimate of drug-likeness (QED) is 0.661. The zero-order chi connectivity index (χ0) is 12.5. The molecule has 1 aliphatic rings. The van der Waals surface area contributed by atoms with Crippen molar-refractivity contribution in [1.29, 1.82) is 0 Å². The van der Waals surface area contributed by atoms with Crippen molar-refractivity contribution < 1.29 is 9.90 Å². The highest BCUT2D eigenvalue weighted by atomic mass is 16.3. The minimum atomic E-state index is 0.0686. The molecular formula is C13H26N2O2.